The van der Waals surface area contributed by atoms with E-state index in [0.29, 0.717) is 19.3 Å². The smallest absolute Gasteiger partial charge is 0.156 e. The molecule has 0 aliphatic heterocycles. The van der Waals surface area contributed by atoms with Gasteiger partial charge in [-0.3, -0.25) is 14.8 Å². The highest BCUT2D eigenvalue weighted by molar-refractivity contribution is 5.92. The summed E-state index contributed by atoms with van der Waals surface area (Å²) in [7, 11) is 0. The van der Waals surface area contributed by atoms with Crippen molar-refractivity contribution in [1.29, 1.82) is 0 Å². The number of carbonyl (C=O) groups is 2. The third-order valence-corrected chi connectivity index (χ3v) is 6.10. The van der Waals surface area contributed by atoms with Gasteiger partial charge in [0.1, 0.15) is 5.60 Å². The van der Waals surface area contributed by atoms with E-state index in [1.807, 2.05) is 27.7 Å². The Labute approximate surface area is 144 Å². The fraction of sp³-hybridized carbons (Fsp3) is 0.700. The first kappa shape index (κ1) is 19.1. The molecule has 134 valence electrons. The van der Waals surface area contributed by atoms with Gasteiger partial charge in [-0.1, -0.05) is 19.4 Å². The molecule has 0 amide bonds. The molecule has 4 unspecified atom stereocenters. The predicted molar refractivity (Wildman–Crippen MR) is 93.5 cm³/mol. The van der Waals surface area contributed by atoms with Crippen molar-refractivity contribution in [3.63, 3.8) is 0 Å². The van der Waals surface area contributed by atoms with Crippen molar-refractivity contribution < 1.29 is 19.7 Å². The first-order chi connectivity index (χ1) is 11.1. The van der Waals surface area contributed by atoms with E-state index in [-0.39, 0.29) is 28.8 Å². The maximum absolute atomic E-state index is 12.1. The highest BCUT2D eigenvalue weighted by atomic mass is 17.1. The quantitative estimate of drug-likeness (QED) is 0.457. The molecule has 0 spiro atoms. The van der Waals surface area contributed by atoms with E-state index in [0.717, 1.165) is 24.0 Å². The summed E-state index contributed by atoms with van der Waals surface area (Å²) in [6.07, 6.45) is 6.64. The standard InChI is InChI=1S/C20H30O4/c1-13(2)8-17(21)9-14(3)16-6-7-19(5)12-18(22)10-15(4)20(19,11-16)24-23/h8,10,14,16,23H,6-7,9,11-12H2,1-5H3. The molecule has 0 heterocycles. The minimum Gasteiger partial charge on any atom is -0.295 e. The second-order valence-corrected chi connectivity index (χ2v) is 8.32. The molecular formula is C20H30O4. The molecule has 1 fully saturated rings. The summed E-state index contributed by atoms with van der Waals surface area (Å²) in [5.74, 6) is 0.764. The zero-order valence-corrected chi connectivity index (χ0v) is 15.5. The molecule has 1 N–H and O–H groups in total. The van der Waals surface area contributed by atoms with Crippen LogP contribution in [-0.2, 0) is 14.5 Å². The first-order valence-corrected chi connectivity index (χ1v) is 8.85. The van der Waals surface area contributed by atoms with Crippen LogP contribution in [0.5, 0.6) is 0 Å². The molecule has 4 atom stereocenters. The molecule has 0 aromatic rings. The normalized spacial score (nSPS) is 34.2. The van der Waals surface area contributed by atoms with Crippen molar-refractivity contribution in [2.75, 3.05) is 0 Å². The Kier molecular flexibility index (Phi) is 5.50. The number of allylic oxidation sites excluding steroid dienone is 3. The number of hydrogen-bond acceptors (Lipinski definition) is 4. The van der Waals surface area contributed by atoms with Crippen molar-refractivity contribution >= 4 is 11.6 Å². The van der Waals surface area contributed by atoms with Crippen LogP contribution in [0.4, 0.5) is 0 Å². The summed E-state index contributed by atoms with van der Waals surface area (Å²) in [4.78, 5) is 29.2. The molecule has 2 aliphatic rings. The fourth-order valence-electron chi connectivity index (χ4n) is 4.66. The Morgan fingerprint density at radius 1 is 1.50 bits per heavy atom. The lowest BCUT2D eigenvalue weighted by atomic mass is 9.53. The average Bonchev–Trinajstić information content (AvgIpc) is 2.45. The van der Waals surface area contributed by atoms with Gasteiger partial charge in [0.2, 0.25) is 0 Å². The Morgan fingerprint density at radius 2 is 2.17 bits per heavy atom. The second-order valence-electron chi connectivity index (χ2n) is 8.32. The molecule has 2 aliphatic carbocycles. The number of hydrogen-bond donors (Lipinski definition) is 1. The Bertz CT molecular complexity index is 584. The Hall–Kier alpha value is -1.26. The molecule has 0 aromatic carbocycles. The van der Waals surface area contributed by atoms with E-state index in [1.165, 1.54) is 0 Å². The molecule has 2 rings (SSSR count). The van der Waals surface area contributed by atoms with E-state index >= 15 is 0 Å². The minimum atomic E-state index is -0.808. The zero-order valence-electron chi connectivity index (χ0n) is 15.5. The van der Waals surface area contributed by atoms with Crippen LogP contribution >= 0.6 is 0 Å². The molecule has 0 aromatic heterocycles. The van der Waals surface area contributed by atoms with Crippen molar-refractivity contribution in [2.45, 2.75) is 72.3 Å². The maximum Gasteiger partial charge on any atom is 0.156 e. The van der Waals surface area contributed by atoms with Crippen molar-refractivity contribution in [3.8, 4) is 0 Å². The summed E-state index contributed by atoms with van der Waals surface area (Å²) in [6.45, 7) is 9.86. The number of ketones is 2. The molecule has 1 saturated carbocycles. The number of rotatable bonds is 5. The van der Waals surface area contributed by atoms with Gasteiger partial charge >= 0.3 is 0 Å². The molecule has 4 heteroatoms. The van der Waals surface area contributed by atoms with E-state index in [2.05, 4.69) is 6.92 Å². The summed E-state index contributed by atoms with van der Waals surface area (Å²) in [6, 6.07) is 0. The van der Waals surface area contributed by atoms with Gasteiger partial charge in [-0.25, -0.2) is 4.89 Å². The summed E-state index contributed by atoms with van der Waals surface area (Å²) >= 11 is 0. The largest absolute Gasteiger partial charge is 0.295 e. The van der Waals surface area contributed by atoms with Gasteiger partial charge in [-0.05, 0) is 69.6 Å². The van der Waals surface area contributed by atoms with Crippen molar-refractivity contribution in [2.24, 2.45) is 17.3 Å². The molecule has 4 nitrogen and oxygen atoms in total. The van der Waals surface area contributed by atoms with E-state index < -0.39 is 5.60 Å². The molecule has 0 radical (unpaired) electrons. The number of carbonyl (C=O) groups excluding carboxylic acids is 2. The third kappa shape index (κ3) is 3.40. The van der Waals surface area contributed by atoms with Crippen LogP contribution in [0.1, 0.15) is 66.7 Å². The Morgan fingerprint density at radius 3 is 2.75 bits per heavy atom. The monoisotopic (exact) mass is 334 g/mol. The average molecular weight is 334 g/mol. The van der Waals surface area contributed by atoms with Gasteiger partial charge < -0.3 is 0 Å². The zero-order chi connectivity index (χ0) is 18.1. The predicted octanol–water partition coefficient (Wildman–Crippen LogP) is 4.50. The summed E-state index contributed by atoms with van der Waals surface area (Å²) in [5, 5.41) is 9.77. The summed E-state index contributed by atoms with van der Waals surface area (Å²) in [5.41, 5.74) is 0.634. The van der Waals surface area contributed by atoms with E-state index in [1.54, 1.807) is 12.2 Å². The van der Waals surface area contributed by atoms with Crippen LogP contribution in [0.3, 0.4) is 0 Å². The summed E-state index contributed by atoms with van der Waals surface area (Å²) < 4.78 is 0. The molecule has 0 bridgehead atoms. The van der Waals surface area contributed by atoms with Gasteiger partial charge in [-0.2, -0.15) is 0 Å². The van der Waals surface area contributed by atoms with Gasteiger partial charge in [0.15, 0.2) is 11.6 Å². The van der Waals surface area contributed by atoms with Crippen molar-refractivity contribution in [1.82, 2.24) is 0 Å². The molecule has 0 saturated heterocycles. The van der Waals surface area contributed by atoms with E-state index in [9.17, 15) is 14.8 Å². The van der Waals surface area contributed by atoms with Crippen LogP contribution in [-0.4, -0.2) is 22.4 Å². The van der Waals surface area contributed by atoms with Gasteiger partial charge in [0.05, 0.1) is 0 Å². The highest BCUT2D eigenvalue weighted by Crippen LogP contribution is 2.57. The van der Waals surface area contributed by atoms with Crippen molar-refractivity contribution in [3.05, 3.63) is 23.3 Å². The lowest BCUT2D eigenvalue weighted by Gasteiger charge is -2.54. The number of fused-ring (bicyclic) bond motifs is 1. The SMILES string of the molecule is CC(C)=CC(=O)CC(C)C1CCC2(C)CC(=O)C=C(C)C2(OO)C1. The third-order valence-electron chi connectivity index (χ3n) is 6.10. The first-order valence-electron chi connectivity index (χ1n) is 8.85. The van der Waals surface area contributed by atoms with E-state index in [4.69, 9.17) is 4.89 Å². The van der Waals surface area contributed by atoms with Crippen LogP contribution in [0, 0.1) is 17.3 Å². The van der Waals surface area contributed by atoms with Gasteiger partial charge in [0, 0.05) is 18.3 Å². The Balaban J connectivity index is 2.21. The van der Waals surface area contributed by atoms with Crippen LogP contribution in [0.15, 0.2) is 23.3 Å². The highest BCUT2D eigenvalue weighted by Gasteiger charge is 2.57. The van der Waals surface area contributed by atoms with Crippen LogP contribution < -0.4 is 0 Å². The fourth-order valence-corrected chi connectivity index (χ4v) is 4.66. The lowest BCUT2D eigenvalue weighted by molar-refractivity contribution is -0.352. The minimum absolute atomic E-state index is 0.105. The maximum atomic E-state index is 12.1. The van der Waals surface area contributed by atoms with Gasteiger partial charge in [-0.15, -0.1) is 0 Å². The molecule has 24 heavy (non-hydrogen) atoms. The molecular weight excluding hydrogens is 304 g/mol. The lowest BCUT2D eigenvalue weighted by Crippen LogP contribution is -2.56. The second kappa shape index (κ2) is 6.93. The van der Waals surface area contributed by atoms with Gasteiger partial charge in [0.25, 0.3) is 0 Å². The topological polar surface area (TPSA) is 63.6 Å². The van der Waals surface area contributed by atoms with Crippen LogP contribution in [0.25, 0.3) is 0 Å². The van der Waals surface area contributed by atoms with Crippen LogP contribution in [0.2, 0.25) is 0 Å².